The van der Waals surface area contributed by atoms with E-state index >= 15 is 0 Å². The highest BCUT2D eigenvalue weighted by atomic mass is 16.3. The Balaban J connectivity index is 1.31. The number of benzene rings is 7. The van der Waals surface area contributed by atoms with Crippen LogP contribution in [-0.4, -0.2) is 0 Å². The molecule has 0 amide bonds. The van der Waals surface area contributed by atoms with Gasteiger partial charge in [0.15, 0.2) is 0 Å². The van der Waals surface area contributed by atoms with Crippen molar-refractivity contribution in [2.45, 2.75) is 52.4 Å². The van der Waals surface area contributed by atoms with Crippen LogP contribution in [0.15, 0.2) is 144 Å². The molecule has 48 heavy (non-hydrogen) atoms. The average molecular weight is 624 g/mol. The van der Waals surface area contributed by atoms with E-state index in [0.717, 1.165) is 46.5 Å². The summed E-state index contributed by atoms with van der Waals surface area (Å²) in [6, 6.07) is 51.3. The van der Waals surface area contributed by atoms with Gasteiger partial charge in [-0.3, -0.25) is 0 Å². The number of aryl methyl sites for hydroxylation is 2. The number of nitrogens with zero attached hydrogens (tertiary/aromatic N) is 1. The lowest BCUT2D eigenvalue weighted by Crippen LogP contribution is -2.10. The van der Waals surface area contributed by atoms with Crippen molar-refractivity contribution in [3.63, 3.8) is 0 Å². The molecule has 1 heterocycles. The minimum Gasteiger partial charge on any atom is -0.456 e. The van der Waals surface area contributed by atoms with Crippen molar-refractivity contribution < 1.29 is 4.42 Å². The SMILES string of the molecule is CCCCc1ccc2c(c1)oc1cc(N(c3ccc(-c4ccccc4)cc3)c3cc4ccc(CCCC)cc4c4ccccc34)ccc12. The third kappa shape index (κ3) is 5.62. The smallest absolute Gasteiger partial charge is 0.137 e. The van der Waals surface area contributed by atoms with E-state index < -0.39 is 0 Å². The summed E-state index contributed by atoms with van der Waals surface area (Å²) in [5.41, 5.74) is 10.4. The van der Waals surface area contributed by atoms with Gasteiger partial charge in [0.05, 0.1) is 5.69 Å². The Morgan fingerprint density at radius 2 is 1.06 bits per heavy atom. The molecule has 2 nitrogen and oxygen atoms in total. The van der Waals surface area contributed by atoms with Crippen LogP contribution < -0.4 is 4.90 Å². The number of furan rings is 1. The van der Waals surface area contributed by atoms with Gasteiger partial charge in [0.2, 0.25) is 0 Å². The van der Waals surface area contributed by atoms with Crippen molar-refractivity contribution >= 4 is 60.5 Å². The zero-order chi connectivity index (χ0) is 32.5. The molecule has 8 rings (SSSR count). The van der Waals surface area contributed by atoms with E-state index in [4.69, 9.17) is 4.42 Å². The first-order chi connectivity index (χ1) is 23.7. The van der Waals surface area contributed by atoms with Gasteiger partial charge in [-0.25, -0.2) is 0 Å². The quantitative estimate of drug-likeness (QED) is 0.141. The van der Waals surface area contributed by atoms with Crippen molar-refractivity contribution in [3.05, 3.63) is 151 Å². The second-order valence-corrected chi connectivity index (χ2v) is 13.1. The molecule has 0 radical (unpaired) electrons. The second-order valence-electron chi connectivity index (χ2n) is 13.1. The summed E-state index contributed by atoms with van der Waals surface area (Å²) in [5.74, 6) is 0. The van der Waals surface area contributed by atoms with E-state index in [1.165, 1.54) is 74.9 Å². The van der Waals surface area contributed by atoms with Crippen LogP contribution >= 0.6 is 0 Å². The highest BCUT2D eigenvalue weighted by Crippen LogP contribution is 2.44. The molecule has 0 bridgehead atoms. The van der Waals surface area contributed by atoms with Crippen molar-refractivity contribution in [1.29, 1.82) is 0 Å². The summed E-state index contributed by atoms with van der Waals surface area (Å²) in [6.45, 7) is 4.50. The molecule has 0 saturated heterocycles. The van der Waals surface area contributed by atoms with Gasteiger partial charge < -0.3 is 9.32 Å². The normalized spacial score (nSPS) is 11.6. The number of hydrogen-bond donors (Lipinski definition) is 0. The summed E-state index contributed by atoms with van der Waals surface area (Å²) in [7, 11) is 0. The van der Waals surface area contributed by atoms with Crippen LogP contribution in [0.4, 0.5) is 17.1 Å². The Hall–Kier alpha value is -5.34. The number of fused-ring (bicyclic) bond motifs is 6. The monoisotopic (exact) mass is 623 g/mol. The van der Waals surface area contributed by atoms with Gasteiger partial charge in [-0.2, -0.15) is 0 Å². The van der Waals surface area contributed by atoms with Crippen molar-refractivity contribution in [2.24, 2.45) is 0 Å². The molecule has 1 aromatic heterocycles. The van der Waals surface area contributed by atoms with Crippen LogP contribution in [0.3, 0.4) is 0 Å². The molecule has 0 aliphatic carbocycles. The van der Waals surface area contributed by atoms with E-state index in [-0.39, 0.29) is 0 Å². The summed E-state index contributed by atoms with van der Waals surface area (Å²) in [6.07, 6.45) is 6.97. The third-order valence-electron chi connectivity index (χ3n) is 9.79. The highest BCUT2D eigenvalue weighted by Gasteiger charge is 2.19. The Morgan fingerprint density at radius 1 is 0.458 bits per heavy atom. The fourth-order valence-corrected chi connectivity index (χ4v) is 7.20. The minimum absolute atomic E-state index is 0.909. The Kier molecular flexibility index (Phi) is 8.16. The van der Waals surface area contributed by atoms with Crippen LogP contribution in [0.5, 0.6) is 0 Å². The molecule has 0 unspecified atom stereocenters. The lowest BCUT2D eigenvalue weighted by Gasteiger charge is -2.28. The lowest BCUT2D eigenvalue weighted by molar-refractivity contribution is 0.667. The van der Waals surface area contributed by atoms with Gasteiger partial charge >= 0.3 is 0 Å². The maximum atomic E-state index is 6.59. The lowest BCUT2D eigenvalue weighted by atomic mass is 9.96. The summed E-state index contributed by atoms with van der Waals surface area (Å²) in [4.78, 5) is 2.40. The van der Waals surface area contributed by atoms with Crippen molar-refractivity contribution in [3.8, 4) is 11.1 Å². The Labute approximate surface area is 283 Å². The average Bonchev–Trinajstić information content (AvgIpc) is 3.51. The molecule has 0 aliphatic rings. The topological polar surface area (TPSA) is 16.4 Å². The van der Waals surface area contributed by atoms with Gasteiger partial charge in [-0.15, -0.1) is 0 Å². The predicted molar refractivity (Wildman–Crippen MR) is 206 cm³/mol. The molecule has 2 heteroatoms. The van der Waals surface area contributed by atoms with Crippen LogP contribution in [0.1, 0.15) is 50.7 Å². The van der Waals surface area contributed by atoms with E-state index in [1.54, 1.807) is 0 Å². The standard InChI is InChI=1S/C46H41NO/c1-3-5-12-32-18-20-36-30-44(40-17-11-10-16-39(40)43(36)28-32)47(37-23-21-35(22-24-37)34-14-8-7-9-15-34)38-25-27-42-41-26-19-33(13-6-4-2)29-45(41)48-46(42)31-38/h7-11,14-31H,3-6,12-13H2,1-2H3. The molecule has 0 spiro atoms. The number of unbranched alkanes of at least 4 members (excludes halogenated alkanes) is 2. The Bertz CT molecular complexity index is 2370. The van der Waals surface area contributed by atoms with Crippen LogP contribution in [-0.2, 0) is 12.8 Å². The van der Waals surface area contributed by atoms with Crippen LogP contribution in [0.2, 0.25) is 0 Å². The first-order valence-electron chi connectivity index (χ1n) is 17.6. The summed E-state index contributed by atoms with van der Waals surface area (Å²) < 4.78 is 6.59. The van der Waals surface area contributed by atoms with Gasteiger partial charge in [0.25, 0.3) is 0 Å². The largest absolute Gasteiger partial charge is 0.456 e. The molecule has 0 N–H and O–H groups in total. The molecule has 7 aromatic carbocycles. The number of hydrogen-bond acceptors (Lipinski definition) is 2. The maximum Gasteiger partial charge on any atom is 0.137 e. The fraction of sp³-hybridized carbons (Fsp3) is 0.174. The van der Waals surface area contributed by atoms with Gasteiger partial charge in [0, 0.05) is 33.6 Å². The van der Waals surface area contributed by atoms with Gasteiger partial charge in [-0.05, 0) is 100 Å². The van der Waals surface area contributed by atoms with Gasteiger partial charge in [-0.1, -0.05) is 124 Å². The zero-order valence-corrected chi connectivity index (χ0v) is 27.9. The van der Waals surface area contributed by atoms with Crippen LogP contribution in [0.25, 0.3) is 54.6 Å². The zero-order valence-electron chi connectivity index (χ0n) is 27.9. The predicted octanol–water partition coefficient (Wildman–Crippen LogP) is 13.7. The van der Waals surface area contributed by atoms with Crippen molar-refractivity contribution in [2.75, 3.05) is 4.90 Å². The van der Waals surface area contributed by atoms with Crippen molar-refractivity contribution in [1.82, 2.24) is 0 Å². The van der Waals surface area contributed by atoms with Crippen LogP contribution in [0, 0.1) is 0 Å². The minimum atomic E-state index is 0.909. The molecular weight excluding hydrogens is 583 g/mol. The maximum absolute atomic E-state index is 6.59. The molecule has 8 aromatic rings. The number of anilines is 3. The molecular formula is C46H41NO. The van der Waals surface area contributed by atoms with E-state index in [1.807, 2.05) is 0 Å². The molecule has 0 fully saturated rings. The highest BCUT2D eigenvalue weighted by molar-refractivity contribution is 6.15. The van der Waals surface area contributed by atoms with E-state index in [2.05, 4.69) is 158 Å². The molecule has 0 aliphatic heterocycles. The summed E-state index contributed by atoms with van der Waals surface area (Å²) in [5, 5.41) is 7.39. The van der Waals surface area contributed by atoms with E-state index in [0.29, 0.717) is 0 Å². The molecule has 0 atom stereocenters. The van der Waals surface area contributed by atoms with Gasteiger partial charge in [0.1, 0.15) is 11.2 Å². The molecule has 0 saturated carbocycles. The first kappa shape index (κ1) is 30.0. The Morgan fingerprint density at radius 3 is 1.81 bits per heavy atom. The molecule has 236 valence electrons. The number of rotatable bonds is 10. The fourth-order valence-electron chi connectivity index (χ4n) is 7.20. The second kappa shape index (κ2) is 13.0. The summed E-state index contributed by atoms with van der Waals surface area (Å²) >= 11 is 0. The van der Waals surface area contributed by atoms with E-state index in [9.17, 15) is 0 Å². The third-order valence-corrected chi connectivity index (χ3v) is 9.79. The first-order valence-corrected chi connectivity index (χ1v) is 17.6.